The molecule has 0 saturated carbocycles. The monoisotopic (exact) mass is 293 g/mol. The molecule has 1 aromatic rings. The van der Waals surface area contributed by atoms with E-state index in [1.54, 1.807) is 20.8 Å². The van der Waals surface area contributed by atoms with Crippen molar-refractivity contribution in [3.8, 4) is 0 Å². The normalized spacial score (nSPS) is 12.5. The lowest BCUT2D eigenvalue weighted by Gasteiger charge is -2.19. The number of nitrogens with one attached hydrogen (secondary N) is 1. The largest absolute Gasteiger partial charge is 0.383 e. The fourth-order valence-corrected chi connectivity index (χ4v) is 2.43. The number of sulfone groups is 1. The summed E-state index contributed by atoms with van der Waals surface area (Å²) in [5.74, 6) is -0.441. The summed E-state index contributed by atoms with van der Waals surface area (Å²) >= 11 is 5.86. The van der Waals surface area contributed by atoms with Crippen LogP contribution in [0.1, 0.15) is 20.8 Å². The van der Waals surface area contributed by atoms with Crippen LogP contribution in [0.5, 0.6) is 0 Å². The highest BCUT2D eigenvalue weighted by molar-refractivity contribution is 7.92. The van der Waals surface area contributed by atoms with Gasteiger partial charge in [-0.25, -0.2) is 12.8 Å². The molecule has 1 aromatic carbocycles. The zero-order valence-corrected chi connectivity index (χ0v) is 12.2. The predicted octanol–water partition coefficient (Wildman–Crippen LogP) is 3.10. The van der Waals surface area contributed by atoms with Gasteiger partial charge in [0.05, 0.1) is 21.2 Å². The van der Waals surface area contributed by atoms with Gasteiger partial charge in [0.15, 0.2) is 9.84 Å². The van der Waals surface area contributed by atoms with E-state index in [-0.39, 0.29) is 12.3 Å². The first-order chi connectivity index (χ1) is 8.13. The molecule has 3 nitrogen and oxygen atoms in total. The van der Waals surface area contributed by atoms with Gasteiger partial charge in [0.25, 0.3) is 0 Å². The Morgan fingerprint density at radius 3 is 2.50 bits per heavy atom. The summed E-state index contributed by atoms with van der Waals surface area (Å²) in [6, 6.07) is 3.92. The van der Waals surface area contributed by atoms with E-state index in [0.29, 0.717) is 10.7 Å². The second-order valence-electron chi connectivity index (χ2n) is 4.98. The van der Waals surface area contributed by atoms with Gasteiger partial charge in [-0.2, -0.15) is 0 Å². The summed E-state index contributed by atoms with van der Waals surface area (Å²) in [6.07, 6.45) is 0. The Morgan fingerprint density at radius 2 is 1.94 bits per heavy atom. The number of benzene rings is 1. The minimum absolute atomic E-state index is 0.0245. The van der Waals surface area contributed by atoms with Crippen molar-refractivity contribution in [2.45, 2.75) is 25.5 Å². The molecule has 0 heterocycles. The molecule has 18 heavy (non-hydrogen) atoms. The SMILES string of the molecule is CC(C)(C)S(=O)(=O)CCNc1cc(F)ccc1Cl. The predicted molar refractivity (Wildman–Crippen MR) is 73.4 cm³/mol. The van der Waals surface area contributed by atoms with Crippen molar-refractivity contribution in [1.82, 2.24) is 0 Å². The Morgan fingerprint density at radius 1 is 1.33 bits per heavy atom. The highest BCUT2D eigenvalue weighted by Crippen LogP contribution is 2.22. The van der Waals surface area contributed by atoms with Crippen LogP contribution < -0.4 is 5.32 Å². The molecule has 6 heteroatoms. The average molecular weight is 294 g/mol. The van der Waals surface area contributed by atoms with E-state index in [0.717, 1.165) is 0 Å². The summed E-state index contributed by atoms with van der Waals surface area (Å²) in [7, 11) is -3.19. The lowest BCUT2D eigenvalue weighted by atomic mass is 10.3. The van der Waals surface area contributed by atoms with Crippen LogP contribution in [0.15, 0.2) is 18.2 Å². The molecular weight excluding hydrogens is 277 g/mol. The first-order valence-corrected chi connectivity index (χ1v) is 7.58. The number of hydrogen-bond acceptors (Lipinski definition) is 3. The van der Waals surface area contributed by atoms with E-state index < -0.39 is 20.4 Å². The van der Waals surface area contributed by atoms with Crippen molar-refractivity contribution >= 4 is 27.1 Å². The fourth-order valence-electron chi connectivity index (χ4n) is 1.26. The second-order valence-corrected chi connectivity index (χ2v) is 8.25. The minimum atomic E-state index is -3.19. The highest BCUT2D eigenvalue weighted by atomic mass is 35.5. The number of halogens is 2. The van der Waals surface area contributed by atoms with E-state index in [2.05, 4.69) is 5.32 Å². The smallest absolute Gasteiger partial charge is 0.156 e. The third-order valence-electron chi connectivity index (χ3n) is 2.55. The molecule has 1 rings (SSSR count). The Kier molecular flexibility index (Phi) is 4.61. The molecule has 0 atom stereocenters. The lowest BCUT2D eigenvalue weighted by Crippen LogP contribution is -2.32. The van der Waals surface area contributed by atoms with E-state index in [1.807, 2.05) is 0 Å². The maximum Gasteiger partial charge on any atom is 0.156 e. The molecule has 0 unspecified atom stereocenters. The minimum Gasteiger partial charge on any atom is -0.383 e. The van der Waals surface area contributed by atoms with Crippen molar-refractivity contribution in [1.29, 1.82) is 0 Å². The summed E-state index contributed by atoms with van der Waals surface area (Å²) in [6.45, 7) is 5.15. The molecule has 0 aliphatic rings. The molecule has 0 aliphatic heterocycles. The second kappa shape index (κ2) is 5.45. The topological polar surface area (TPSA) is 46.2 Å². The number of rotatable bonds is 4. The van der Waals surface area contributed by atoms with Gasteiger partial charge in [-0.15, -0.1) is 0 Å². The molecule has 0 radical (unpaired) electrons. The first-order valence-electron chi connectivity index (χ1n) is 5.55. The molecule has 0 saturated heterocycles. The standard InChI is InChI=1S/C12H17ClFNO2S/c1-12(2,3)18(16,17)7-6-15-11-8-9(14)4-5-10(11)13/h4-5,8,15H,6-7H2,1-3H3. The third kappa shape index (κ3) is 3.85. The molecule has 1 N–H and O–H groups in total. The van der Waals surface area contributed by atoms with Crippen molar-refractivity contribution < 1.29 is 12.8 Å². The van der Waals surface area contributed by atoms with Crippen molar-refractivity contribution in [2.24, 2.45) is 0 Å². The van der Waals surface area contributed by atoms with E-state index in [1.165, 1.54) is 18.2 Å². The molecule has 102 valence electrons. The van der Waals surface area contributed by atoms with Crippen LogP contribution in [-0.2, 0) is 9.84 Å². The van der Waals surface area contributed by atoms with E-state index >= 15 is 0 Å². The van der Waals surface area contributed by atoms with Crippen molar-refractivity contribution in [2.75, 3.05) is 17.6 Å². The Balaban J connectivity index is 2.65. The molecule has 0 amide bonds. The van der Waals surface area contributed by atoms with Crippen LogP contribution in [0.3, 0.4) is 0 Å². The number of anilines is 1. The summed E-state index contributed by atoms with van der Waals surface area (Å²) in [4.78, 5) is 0. The average Bonchev–Trinajstić information content (AvgIpc) is 2.21. The van der Waals surface area contributed by atoms with Crippen molar-refractivity contribution in [3.63, 3.8) is 0 Å². The first kappa shape index (κ1) is 15.2. The van der Waals surface area contributed by atoms with Gasteiger partial charge in [0.2, 0.25) is 0 Å². The Hall–Kier alpha value is -0.810. The molecule has 0 aliphatic carbocycles. The van der Waals surface area contributed by atoms with E-state index in [4.69, 9.17) is 11.6 Å². The van der Waals surface area contributed by atoms with Gasteiger partial charge in [-0.05, 0) is 39.0 Å². The number of hydrogen-bond donors (Lipinski definition) is 1. The Labute approximate surface area is 112 Å². The molecule has 0 bridgehead atoms. The summed E-state index contributed by atoms with van der Waals surface area (Å²) < 4.78 is 35.9. The lowest BCUT2D eigenvalue weighted by molar-refractivity contribution is 0.560. The van der Waals surface area contributed by atoms with Crippen LogP contribution in [0.25, 0.3) is 0 Å². The summed E-state index contributed by atoms with van der Waals surface area (Å²) in [5, 5.41) is 3.20. The van der Waals surface area contributed by atoms with Gasteiger partial charge < -0.3 is 5.32 Å². The molecule has 0 fully saturated rings. The Bertz CT molecular complexity index is 523. The maximum atomic E-state index is 13.0. The quantitative estimate of drug-likeness (QED) is 0.928. The van der Waals surface area contributed by atoms with Gasteiger partial charge in [-0.3, -0.25) is 0 Å². The summed E-state index contributed by atoms with van der Waals surface area (Å²) in [5.41, 5.74) is 0.403. The third-order valence-corrected chi connectivity index (χ3v) is 5.48. The van der Waals surface area contributed by atoms with Crippen LogP contribution in [0.4, 0.5) is 10.1 Å². The van der Waals surface area contributed by atoms with Gasteiger partial charge >= 0.3 is 0 Å². The highest BCUT2D eigenvalue weighted by Gasteiger charge is 2.28. The van der Waals surface area contributed by atoms with Gasteiger partial charge in [0.1, 0.15) is 5.82 Å². The van der Waals surface area contributed by atoms with Gasteiger partial charge in [-0.1, -0.05) is 11.6 Å². The molecule has 0 aromatic heterocycles. The van der Waals surface area contributed by atoms with Crippen LogP contribution in [0, 0.1) is 5.82 Å². The molecule has 0 spiro atoms. The van der Waals surface area contributed by atoms with Crippen LogP contribution in [-0.4, -0.2) is 25.5 Å². The zero-order chi connectivity index (χ0) is 14.0. The fraction of sp³-hybridized carbons (Fsp3) is 0.500. The van der Waals surface area contributed by atoms with Crippen LogP contribution in [0.2, 0.25) is 5.02 Å². The zero-order valence-electron chi connectivity index (χ0n) is 10.6. The molecular formula is C12H17ClFNO2S. The van der Waals surface area contributed by atoms with E-state index in [9.17, 15) is 12.8 Å². The van der Waals surface area contributed by atoms with Crippen molar-refractivity contribution in [3.05, 3.63) is 29.0 Å². The van der Waals surface area contributed by atoms with Gasteiger partial charge in [0, 0.05) is 6.54 Å². The van der Waals surface area contributed by atoms with Crippen LogP contribution >= 0.6 is 11.6 Å². The maximum absolute atomic E-state index is 13.0.